The molecule has 5 heteroatoms. The molecule has 106 valence electrons. The zero-order valence-electron chi connectivity index (χ0n) is 12.0. The Morgan fingerprint density at radius 3 is 2.45 bits per heavy atom. The van der Waals surface area contributed by atoms with Gasteiger partial charge in [0.25, 0.3) is 0 Å². The van der Waals surface area contributed by atoms with Crippen LogP contribution in [0.3, 0.4) is 0 Å². The Bertz CT molecular complexity index is 568. The number of rotatable bonds is 5. The Kier molecular flexibility index (Phi) is 4.40. The first-order chi connectivity index (χ1) is 9.61. The van der Waals surface area contributed by atoms with Crippen LogP contribution in [0.5, 0.6) is 11.6 Å². The highest BCUT2D eigenvalue weighted by atomic mass is 16.5. The number of nitrogen functional groups attached to an aromatic ring is 1. The predicted octanol–water partition coefficient (Wildman–Crippen LogP) is 2.77. The Labute approximate surface area is 118 Å². The molecule has 0 aliphatic heterocycles. The monoisotopic (exact) mass is 273 g/mol. The normalized spacial score (nSPS) is 10.6. The molecule has 20 heavy (non-hydrogen) atoms. The molecule has 0 atom stereocenters. The quantitative estimate of drug-likeness (QED) is 0.907. The Morgan fingerprint density at radius 2 is 1.85 bits per heavy atom. The fraction of sp³-hybridized carbons (Fsp3) is 0.333. The second-order valence-electron chi connectivity index (χ2n) is 4.77. The molecule has 2 N–H and O–H groups in total. The number of aromatic nitrogens is 2. The average molecular weight is 273 g/mol. The van der Waals surface area contributed by atoms with Crippen molar-refractivity contribution in [3.8, 4) is 11.6 Å². The molecule has 2 rings (SSSR count). The largest absolute Gasteiger partial charge is 0.497 e. The summed E-state index contributed by atoms with van der Waals surface area (Å²) in [7, 11) is 1.64. The predicted molar refractivity (Wildman–Crippen MR) is 77.9 cm³/mol. The second-order valence-corrected chi connectivity index (χ2v) is 4.77. The lowest BCUT2D eigenvalue weighted by Gasteiger charge is -2.14. The van der Waals surface area contributed by atoms with Crippen molar-refractivity contribution in [2.24, 2.45) is 0 Å². The van der Waals surface area contributed by atoms with Crippen molar-refractivity contribution in [3.05, 3.63) is 41.7 Å². The molecule has 0 bridgehead atoms. The van der Waals surface area contributed by atoms with Crippen LogP contribution in [0, 0.1) is 0 Å². The third kappa shape index (κ3) is 3.17. The van der Waals surface area contributed by atoms with Crippen LogP contribution >= 0.6 is 0 Å². The van der Waals surface area contributed by atoms with Crippen molar-refractivity contribution in [2.45, 2.75) is 26.4 Å². The molecule has 1 aromatic heterocycles. The van der Waals surface area contributed by atoms with Gasteiger partial charge in [0.1, 0.15) is 24.5 Å². The van der Waals surface area contributed by atoms with E-state index in [1.54, 1.807) is 7.11 Å². The molecule has 0 fully saturated rings. The number of anilines is 1. The third-order valence-corrected chi connectivity index (χ3v) is 2.99. The molecular formula is C15H19N3O2. The van der Waals surface area contributed by atoms with Crippen molar-refractivity contribution >= 4 is 5.82 Å². The van der Waals surface area contributed by atoms with Gasteiger partial charge in [-0.1, -0.05) is 26.0 Å². The first kappa shape index (κ1) is 14.1. The second kappa shape index (κ2) is 6.23. The van der Waals surface area contributed by atoms with Crippen LogP contribution < -0.4 is 15.2 Å². The molecule has 0 radical (unpaired) electrons. The van der Waals surface area contributed by atoms with E-state index in [9.17, 15) is 0 Å². The summed E-state index contributed by atoms with van der Waals surface area (Å²) in [5.74, 6) is 2.05. The summed E-state index contributed by atoms with van der Waals surface area (Å²) in [6, 6.07) is 7.71. The smallest absolute Gasteiger partial charge is 0.222 e. The summed E-state index contributed by atoms with van der Waals surface area (Å²) in [5, 5.41) is 0. The highest BCUT2D eigenvalue weighted by molar-refractivity contribution is 5.46. The molecule has 0 saturated carbocycles. The molecule has 0 aliphatic carbocycles. The van der Waals surface area contributed by atoms with Gasteiger partial charge in [0.05, 0.1) is 12.7 Å². The number of methoxy groups -OCH3 is 1. The molecule has 1 heterocycles. The van der Waals surface area contributed by atoms with Crippen molar-refractivity contribution < 1.29 is 9.47 Å². The van der Waals surface area contributed by atoms with Crippen LogP contribution in [0.15, 0.2) is 30.6 Å². The average Bonchev–Trinajstić information content (AvgIpc) is 2.45. The highest BCUT2D eigenvalue weighted by Crippen LogP contribution is 2.28. The van der Waals surface area contributed by atoms with E-state index in [-0.39, 0.29) is 5.92 Å². The van der Waals surface area contributed by atoms with E-state index in [1.807, 2.05) is 38.1 Å². The molecule has 1 aromatic carbocycles. The van der Waals surface area contributed by atoms with Crippen molar-refractivity contribution in [3.63, 3.8) is 0 Å². The summed E-state index contributed by atoms with van der Waals surface area (Å²) in [4.78, 5) is 8.18. The highest BCUT2D eigenvalue weighted by Gasteiger charge is 2.14. The lowest BCUT2D eigenvalue weighted by Crippen LogP contribution is -2.06. The van der Waals surface area contributed by atoms with Crippen LogP contribution in [0.25, 0.3) is 0 Å². The first-order valence-corrected chi connectivity index (χ1v) is 6.48. The SMILES string of the molecule is COc1ccc(COc2ncnc(N)c2C(C)C)cc1. The lowest BCUT2D eigenvalue weighted by molar-refractivity contribution is 0.288. The van der Waals surface area contributed by atoms with E-state index >= 15 is 0 Å². The van der Waals surface area contributed by atoms with E-state index in [1.165, 1.54) is 6.33 Å². The van der Waals surface area contributed by atoms with E-state index in [0.717, 1.165) is 16.9 Å². The van der Waals surface area contributed by atoms with E-state index in [0.29, 0.717) is 18.3 Å². The third-order valence-electron chi connectivity index (χ3n) is 2.99. The number of nitrogens with two attached hydrogens (primary N) is 1. The van der Waals surface area contributed by atoms with Crippen LogP contribution in [0.2, 0.25) is 0 Å². The minimum Gasteiger partial charge on any atom is -0.497 e. The van der Waals surface area contributed by atoms with Gasteiger partial charge in [-0.05, 0) is 23.6 Å². The molecule has 0 amide bonds. The molecule has 0 spiro atoms. The van der Waals surface area contributed by atoms with Gasteiger partial charge < -0.3 is 15.2 Å². The molecule has 0 aliphatic rings. The maximum Gasteiger partial charge on any atom is 0.222 e. The summed E-state index contributed by atoms with van der Waals surface area (Å²) in [6.45, 7) is 4.50. The van der Waals surface area contributed by atoms with Gasteiger partial charge in [0.15, 0.2) is 0 Å². The Balaban J connectivity index is 2.12. The van der Waals surface area contributed by atoms with E-state index in [4.69, 9.17) is 15.2 Å². The molecule has 5 nitrogen and oxygen atoms in total. The zero-order valence-corrected chi connectivity index (χ0v) is 12.0. The van der Waals surface area contributed by atoms with Gasteiger partial charge in [-0.2, -0.15) is 0 Å². The topological polar surface area (TPSA) is 70.3 Å². The van der Waals surface area contributed by atoms with Crippen LogP contribution in [-0.2, 0) is 6.61 Å². The number of nitrogens with zero attached hydrogens (tertiary/aromatic N) is 2. The number of hydrogen-bond acceptors (Lipinski definition) is 5. The van der Waals surface area contributed by atoms with Gasteiger partial charge in [0.2, 0.25) is 5.88 Å². The van der Waals surface area contributed by atoms with Gasteiger partial charge in [-0.15, -0.1) is 0 Å². The number of ether oxygens (including phenoxy) is 2. The summed E-state index contributed by atoms with van der Waals surface area (Å²) >= 11 is 0. The van der Waals surface area contributed by atoms with E-state index in [2.05, 4.69) is 9.97 Å². The van der Waals surface area contributed by atoms with Crippen LogP contribution in [-0.4, -0.2) is 17.1 Å². The lowest BCUT2D eigenvalue weighted by atomic mass is 10.1. The Morgan fingerprint density at radius 1 is 1.15 bits per heavy atom. The van der Waals surface area contributed by atoms with Gasteiger partial charge in [0, 0.05) is 0 Å². The van der Waals surface area contributed by atoms with Crippen molar-refractivity contribution in [1.29, 1.82) is 0 Å². The van der Waals surface area contributed by atoms with E-state index < -0.39 is 0 Å². The minimum absolute atomic E-state index is 0.210. The summed E-state index contributed by atoms with van der Waals surface area (Å²) < 4.78 is 10.9. The van der Waals surface area contributed by atoms with Crippen LogP contribution in [0.1, 0.15) is 30.9 Å². The molecule has 0 saturated heterocycles. The standard InChI is InChI=1S/C15H19N3O2/c1-10(2)13-14(16)17-9-18-15(13)20-8-11-4-6-12(19-3)7-5-11/h4-7,9-10H,8H2,1-3H3,(H2,16,17,18). The van der Waals surface area contributed by atoms with Crippen molar-refractivity contribution in [1.82, 2.24) is 9.97 Å². The summed E-state index contributed by atoms with van der Waals surface area (Å²) in [6.07, 6.45) is 1.42. The molecule has 0 unspecified atom stereocenters. The molecule has 2 aromatic rings. The first-order valence-electron chi connectivity index (χ1n) is 6.48. The fourth-order valence-electron chi connectivity index (χ4n) is 1.92. The minimum atomic E-state index is 0.210. The summed E-state index contributed by atoms with van der Waals surface area (Å²) in [5.41, 5.74) is 7.77. The number of hydrogen-bond donors (Lipinski definition) is 1. The molecular weight excluding hydrogens is 254 g/mol. The van der Waals surface area contributed by atoms with Gasteiger partial charge >= 0.3 is 0 Å². The fourth-order valence-corrected chi connectivity index (χ4v) is 1.92. The van der Waals surface area contributed by atoms with Crippen LogP contribution in [0.4, 0.5) is 5.82 Å². The zero-order chi connectivity index (χ0) is 14.5. The maximum atomic E-state index is 5.88. The Hall–Kier alpha value is -2.30. The maximum absolute atomic E-state index is 5.88. The van der Waals surface area contributed by atoms with Gasteiger partial charge in [-0.3, -0.25) is 0 Å². The van der Waals surface area contributed by atoms with Crippen molar-refractivity contribution in [2.75, 3.05) is 12.8 Å². The number of benzene rings is 1. The van der Waals surface area contributed by atoms with Gasteiger partial charge in [-0.25, -0.2) is 9.97 Å².